The molecule has 88 valence electrons. The SMILES string of the molecule is O=C(O)c1cccc(CNCc2ccoc2)n1. The number of aromatic nitrogens is 1. The van der Waals surface area contributed by atoms with E-state index in [-0.39, 0.29) is 5.69 Å². The molecule has 5 nitrogen and oxygen atoms in total. The number of nitrogens with zero attached hydrogens (tertiary/aromatic N) is 1. The monoisotopic (exact) mass is 232 g/mol. The first-order chi connectivity index (χ1) is 8.25. The third kappa shape index (κ3) is 3.15. The molecular formula is C12H12N2O3. The van der Waals surface area contributed by atoms with Crippen LogP contribution in [0.2, 0.25) is 0 Å². The summed E-state index contributed by atoms with van der Waals surface area (Å²) in [6.07, 6.45) is 3.27. The predicted molar refractivity (Wildman–Crippen MR) is 60.4 cm³/mol. The summed E-state index contributed by atoms with van der Waals surface area (Å²) in [7, 11) is 0. The number of nitrogens with one attached hydrogen (secondary N) is 1. The minimum absolute atomic E-state index is 0.0626. The van der Waals surface area contributed by atoms with Crippen LogP contribution in [0, 0.1) is 0 Å². The van der Waals surface area contributed by atoms with Crippen molar-refractivity contribution >= 4 is 5.97 Å². The van der Waals surface area contributed by atoms with Crippen molar-refractivity contribution < 1.29 is 14.3 Å². The standard InChI is InChI=1S/C12H12N2O3/c15-12(16)11-3-1-2-10(14-11)7-13-6-9-4-5-17-8-9/h1-5,8,13H,6-7H2,(H,15,16). The lowest BCUT2D eigenvalue weighted by Crippen LogP contribution is -2.14. The van der Waals surface area contributed by atoms with Crippen LogP contribution in [0.1, 0.15) is 21.7 Å². The number of carboxylic acids is 1. The van der Waals surface area contributed by atoms with Gasteiger partial charge in [-0.25, -0.2) is 9.78 Å². The average Bonchev–Trinajstić information content (AvgIpc) is 2.82. The average molecular weight is 232 g/mol. The molecule has 0 aromatic carbocycles. The summed E-state index contributed by atoms with van der Waals surface area (Å²) in [5, 5.41) is 11.9. The fourth-order valence-electron chi connectivity index (χ4n) is 1.43. The summed E-state index contributed by atoms with van der Waals surface area (Å²) in [4.78, 5) is 14.7. The number of pyridine rings is 1. The van der Waals surface area contributed by atoms with E-state index in [1.807, 2.05) is 6.07 Å². The van der Waals surface area contributed by atoms with Crippen LogP contribution in [0.5, 0.6) is 0 Å². The Hall–Kier alpha value is -2.14. The Labute approximate surface area is 98.1 Å². The van der Waals surface area contributed by atoms with Crippen molar-refractivity contribution in [2.75, 3.05) is 0 Å². The van der Waals surface area contributed by atoms with Crippen LogP contribution < -0.4 is 5.32 Å². The molecule has 0 aliphatic heterocycles. The Morgan fingerprint density at radius 3 is 2.94 bits per heavy atom. The van der Waals surface area contributed by atoms with Crippen LogP contribution in [0.15, 0.2) is 41.2 Å². The lowest BCUT2D eigenvalue weighted by atomic mass is 10.3. The number of furan rings is 1. The molecule has 0 saturated heterocycles. The summed E-state index contributed by atoms with van der Waals surface area (Å²) in [6.45, 7) is 1.18. The highest BCUT2D eigenvalue weighted by Crippen LogP contribution is 2.02. The molecule has 0 amide bonds. The first-order valence-electron chi connectivity index (χ1n) is 5.17. The smallest absolute Gasteiger partial charge is 0.354 e. The first-order valence-corrected chi connectivity index (χ1v) is 5.17. The second kappa shape index (κ2) is 5.27. The minimum atomic E-state index is -1.01. The predicted octanol–water partition coefficient (Wildman–Crippen LogP) is 1.66. The van der Waals surface area contributed by atoms with E-state index >= 15 is 0 Å². The van der Waals surface area contributed by atoms with Gasteiger partial charge in [-0.05, 0) is 18.2 Å². The van der Waals surface area contributed by atoms with Crippen molar-refractivity contribution in [2.24, 2.45) is 0 Å². The van der Waals surface area contributed by atoms with Crippen molar-refractivity contribution in [1.29, 1.82) is 0 Å². The highest BCUT2D eigenvalue weighted by Gasteiger charge is 2.04. The van der Waals surface area contributed by atoms with Crippen LogP contribution in [-0.4, -0.2) is 16.1 Å². The Bertz CT molecular complexity index is 494. The van der Waals surface area contributed by atoms with Crippen LogP contribution in [0.4, 0.5) is 0 Å². The molecule has 2 heterocycles. The number of rotatable bonds is 5. The molecule has 0 saturated carbocycles. The molecule has 0 fully saturated rings. The number of carboxylic acid groups (broad SMARTS) is 1. The highest BCUT2D eigenvalue weighted by atomic mass is 16.4. The zero-order valence-electron chi connectivity index (χ0n) is 9.09. The van der Waals surface area contributed by atoms with E-state index in [2.05, 4.69) is 10.3 Å². The molecule has 17 heavy (non-hydrogen) atoms. The van der Waals surface area contributed by atoms with E-state index in [0.29, 0.717) is 18.8 Å². The molecule has 0 atom stereocenters. The van der Waals surface area contributed by atoms with Gasteiger partial charge < -0.3 is 14.8 Å². The normalized spacial score (nSPS) is 10.4. The van der Waals surface area contributed by atoms with Gasteiger partial charge in [0.2, 0.25) is 0 Å². The van der Waals surface area contributed by atoms with Crippen molar-refractivity contribution in [1.82, 2.24) is 10.3 Å². The zero-order chi connectivity index (χ0) is 12.1. The summed E-state index contributed by atoms with van der Waals surface area (Å²) in [6, 6.07) is 6.82. The Morgan fingerprint density at radius 2 is 2.24 bits per heavy atom. The van der Waals surface area contributed by atoms with E-state index < -0.39 is 5.97 Å². The molecule has 2 aromatic rings. The zero-order valence-corrected chi connectivity index (χ0v) is 9.09. The minimum Gasteiger partial charge on any atom is -0.477 e. The Morgan fingerprint density at radius 1 is 1.35 bits per heavy atom. The Balaban J connectivity index is 1.90. The molecule has 0 bridgehead atoms. The van der Waals surface area contributed by atoms with Gasteiger partial charge >= 0.3 is 5.97 Å². The summed E-state index contributed by atoms with van der Waals surface area (Å²) >= 11 is 0. The number of hydrogen-bond acceptors (Lipinski definition) is 4. The fraction of sp³-hybridized carbons (Fsp3) is 0.167. The maximum Gasteiger partial charge on any atom is 0.354 e. The van der Waals surface area contributed by atoms with Crippen molar-refractivity contribution in [3.05, 3.63) is 53.7 Å². The fourth-order valence-corrected chi connectivity index (χ4v) is 1.43. The molecule has 2 N–H and O–H groups in total. The summed E-state index contributed by atoms with van der Waals surface area (Å²) in [5.74, 6) is -1.01. The second-order valence-corrected chi connectivity index (χ2v) is 3.55. The van der Waals surface area contributed by atoms with Crippen molar-refractivity contribution in [3.8, 4) is 0 Å². The lowest BCUT2D eigenvalue weighted by molar-refractivity contribution is 0.0690. The number of hydrogen-bond donors (Lipinski definition) is 2. The van der Waals surface area contributed by atoms with E-state index in [4.69, 9.17) is 9.52 Å². The second-order valence-electron chi connectivity index (χ2n) is 3.55. The van der Waals surface area contributed by atoms with Gasteiger partial charge in [-0.1, -0.05) is 6.07 Å². The highest BCUT2D eigenvalue weighted by molar-refractivity contribution is 5.85. The van der Waals surface area contributed by atoms with E-state index in [9.17, 15) is 4.79 Å². The molecule has 0 unspecified atom stereocenters. The quantitative estimate of drug-likeness (QED) is 0.820. The van der Waals surface area contributed by atoms with Crippen molar-refractivity contribution in [2.45, 2.75) is 13.1 Å². The van der Waals surface area contributed by atoms with Crippen LogP contribution in [0.3, 0.4) is 0 Å². The van der Waals surface area contributed by atoms with Gasteiger partial charge in [-0.15, -0.1) is 0 Å². The molecule has 0 radical (unpaired) electrons. The van der Waals surface area contributed by atoms with Gasteiger partial charge in [-0.3, -0.25) is 0 Å². The van der Waals surface area contributed by atoms with Crippen LogP contribution in [-0.2, 0) is 13.1 Å². The lowest BCUT2D eigenvalue weighted by Gasteiger charge is -2.03. The van der Waals surface area contributed by atoms with Gasteiger partial charge in [0, 0.05) is 18.7 Å². The van der Waals surface area contributed by atoms with Gasteiger partial charge in [0.05, 0.1) is 18.2 Å². The molecule has 2 aromatic heterocycles. The topological polar surface area (TPSA) is 75.4 Å². The third-order valence-electron chi connectivity index (χ3n) is 2.24. The molecular weight excluding hydrogens is 220 g/mol. The number of carbonyl (C=O) groups is 1. The maximum atomic E-state index is 10.7. The molecule has 0 aliphatic carbocycles. The van der Waals surface area contributed by atoms with Crippen LogP contribution >= 0.6 is 0 Å². The molecule has 5 heteroatoms. The molecule has 2 rings (SSSR count). The van der Waals surface area contributed by atoms with Gasteiger partial charge in [0.1, 0.15) is 5.69 Å². The van der Waals surface area contributed by atoms with Gasteiger partial charge in [-0.2, -0.15) is 0 Å². The molecule has 0 aliphatic rings. The number of aromatic carboxylic acids is 1. The van der Waals surface area contributed by atoms with Crippen molar-refractivity contribution in [3.63, 3.8) is 0 Å². The molecule has 0 spiro atoms. The van der Waals surface area contributed by atoms with E-state index in [0.717, 1.165) is 5.56 Å². The van der Waals surface area contributed by atoms with E-state index in [1.54, 1.807) is 24.7 Å². The van der Waals surface area contributed by atoms with Crippen LogP contribution in [0.25, 0.3) is 0 Å². The Kier molecular flexibility index (Phi) is 3.52. The summed E-state index contributed by atoms with van der Waals surface area (Å²) < 4.78 is 4.93. The van der Waals surface area contributed by atoms with E-state index in [1.165, 1.54) is 6.07 Å². The first kappa shape index (κ1) is 11.3. The third-order valence-corrected chi connectivity index (χ3v) is 2.24. The maximum absolute atomic E-state index is 10.7. The van der Waals surface area contributed by atoms with Gasteiger partial charge in [0.25, 0.3) is 0 Å². The largest absolute Gasteiger partial charge is 0.477 e. The van der Waals surface area contributed by atoms with Gasteiger partial charge in [0.15, 0.2) is 0 Å². The summed E-state index contributed by atoms with van der Waals surface area (Å²) in [5.41, 5.74) is 1.81.